The molecule has 0 unspecified atom stereocenters. The second-order valence-corrected chi connectivity index (χ2v) is 5.15. The monoisotopic (exact) mass is 280 g/mol. The van der Waals surface area contributed by atoms with Gasteiger partial charge in [0.2, 0.25) is 5.91 Å². The maximum atomic E-state index is 11.6. The Hall–Kier alpha value is -1.53. The zero-order valence-electron chi connectivity index (χ0n) is 10.6. The van der Waals surface area contributed by atoms with Gasteiger partial charge in [0.25, 0.3) is 0 Å². The Balaban J connectivity index is 2.34. The molecule has 0 bridgehead atoms. The molecule has 1 fully saturated rings. The summed E-state index contributed by atoms with van der Waals surface area (Å²) in [5.74, 6) is -1.05. The van der Waals surface area contributed by atoms with Crippen LogP contribution in [0.15, 0.2) is 29.2 Å². The number of nitrogens with one attached hydrogen (secondary N) is 1. The molecule has 19 heavy (non-hydrogen) atoms. The lowest BCUT2D eigenvalue weighted by molar-refractivity contribution is -0.145. The molecule has 0 saturated carbocycles. The molecule has 0 aliphatic carbocycles. The van der Waals surface area contributed by atoms with Crippen molar-refractivity contribution in [2.45, 2.75) is 10.9 Å². The van der Waals surface area contributed by atoms with Crippen LogP contribution in [0.3, 0.4) is 0 Å². The molecule has 1 saturated heterocycles. The van der Waals surface area contributed by atoms with Crippen molar-refractivity contribution in [3.63, 3.8) is 0 Å². The predicted octanol–water partition coefficient (Wildman–Crippen LogP) is 0.966. The van der Waals surface area contributed by atoms with Crippen LogP contribution in [0.1, 0.15) is 11.6 Å². The van der Waals surface area contributed by atoms with Gasteiger partial charge in [0.05, 0.1) is 6.54 Å². The fourth-order valence-corrected chi connectivity index (χ4v) is 2.89. The first kappa shape index (κ1) is 13.9. The SMILES string of the molecule is CSc1ccccc1[C@@H](C(=O)O)N1CCNC(=O)C1. The number of amides is 1. The number of carboxylic acid groups (broad SMARTS) is 1. The number of rotatable bonds is 4. The number of carbonyl (C=O) groups excluding carboxylic acids is 1. The third-order valence-corrected chi connectivity index (χ3v) is 3.91. The van der Waals surface area contributed by atoms with Crippen molar-refractivity contribution < 1.29 is 14.7 Å². The van der Waals surface area contributed by atoms with Gasteiger partial charge in [-0.1, -0.05) is 18.2 Å². The number of carbonyl (C=O) groups is 2. The zero-order chi connectivity index (χ0) is 13.8. The first-order chi connectivity index (χ1) is 9.13. The number of thioether (sulfide) groups is 1. The Labute approximate surface area is 116 Å². The van der Waals surface area contributed by atoms with Crippen molar-refractivity contribution in [2.75, 3.05) is 25.9 Å². The second kappa shape index (κ2) is 6.08. The molecular weight excluding hydrogens is 264 g/mol. The van der Waals surface area contributed by atoms with E-state index in [0.29, 0.717) is 13.1 Å². The number of aliphatic carboxylic acids is 1. The molecule has 1 atom stereocenters. The standard InChI is InChI=1S/C13H16N2O3S/c1-19-10-5-3-2-4-9(10)12(13(17)18)15-7-6-14-11(16)8-15/h2-5,12H,6-8H2,1H3,(H,14,16)(H,17,18)/t12-/m0/s1. The topological polar surface area (TPSA) is 69.6 Å². The van der Waals surface area contributed by atoms with Gasteiger partial charge in [-0.3, -0.25) is 14.5 Å². The molecule has 5 nitrogen and oxygen atoms in total. The number of benzene rings is 1. The number of nitrogens with zero attached hydrogens (tertiary/aromatic N) is 1. The maximum absolute atomic E-state index is 11.6. The second-order valence-electron chi connectivity index (χ2n) is 4.30. The Morgan fingerprint density at radius 2 is 2.21 bits per heavy atom. The van der Waals surface area contributed by atoms with Crippen molar-refractivity contribution in [3.05, 3.63) is 29.8 Å². The van der Waals surface area contributed by atoms with Gasteiger partial charge < -0.3 is 10.4 Å². The van der Waals surface area contributed by atoms with Gasteiger partial charge in [0.15, 0.2) is 0 Å². The highest BCUT2D eigenvalue weighted by Crippen LogP contribution is 2.30. The summed E-state index contributed by atoms with van der Waals surface area (Å²) in [6.45, 7) is 1.16. The zero-order valence-corrected chi connectivity index (χ0v) is 11.4. The molecule has 1 aromatic rings. The van der Waals surface area contributed by atoms with E-state index < -0.39 is 12.0 Å². The molecule has 1 aliphatic rings. The molecule has 2 N–H and O–H groups in total. The van der Waals surface area contributed by atoms with E-state index in [1.54, 1.807) is 4.90 Å². The van der Waals surface area contributed by atoms with Crippen LogP contribution < -0.4 is 5.32 Å². The van der Waals surface area contributed by atoms with Crippen molar-refractivity contribution >= 4 is 23.6 Å². The predicted molar refractivity (Wildman–Crippen MR) is 73.2 cm³/mol. The molecule has 0 radical (unpaired) electrons. The van der Waals surface area contributed by atoms with Gasteiger partial charge in [-0.25, -0.2) is 0 Å². The Morgan fingerprint density at radius 3 is 2.84 bits per heavy atom. The summed E-state index contributed by atoms with van der Waals surface area (Å²) in [4.78, 5) is 25.7. The minimum Gasteiger partial charge on any atom is -0.480 e. The van der Waals surface area contributed by atoms with Crippen molar-refractivity contribution in [1.29, 1.82) is 0 Å². The van der Waals surface area contributed by atoms with Gasteiger partial charge in [0.1, 0.15) is 6.04 Å². The molecule has 102 valence electrons. The number of hydrogen-bond acceptors (Lipinski definition) is 4. The largest absolute Gasteiger partial charge is 0.480 e. The summed E-state index contributed by atoms with van der Waals surface area (Å²) < 4.78 is 0. The average Bonchev–Trinajstić information content (AvgIpc) is 2.39. The van der Waals surface area contributed by atoms with Crippen molar-refractivity contribution in [2.24, 2.45) is 0 Å². The van der Waals surface area contributed by atoms with Crippen LogP contribution >= 0.6 is 11.8 Å². The van der Waals surface area contributed by atoms with Crippen LogP contribution in [0.2, 0.25) is 0 Å². The lowest BCUT2D eigenvalue weighted by atomic mass is 10.0. The van der Waals surface area contributed by atoms with Gasteiger partial charge >= 0.3 is 5.97 Å². The number of hydrogen-bond donors (Lipinski definition) is 2. The Kier molecular flexibility index (Phi) is 4.44. The molecule has 2 rings (SSSR count). The normalized spacial score (nSPS) is 17.8. The van der Waals surface area contributed by atoms with E-state index in [4.69, 9.17) is 0 Å². The Morgan fingerprint density at radius 1 is 1.47 bits per heavy atom. The Bertz CT molecular complexity index is 493. The molecule has 0 spiro atoms. The molecule has 1 aromatic carbocycles. The molecule has 1 heterocycles. The highest BCUT2D eigenvalue weighted by molar-refractivity contribution is 7.98. The number of carboxylic acids is 1. The maximum Gasteiger partial charge on any atom is 0.325 e. The van der Waals surface area contributed by atoms with Crippen molar-refractivity contribution in [3.8, 4) is 0 Å². The van der Waals surface area contributed by atoms with Crippen LogP contribution in [-0.4, -0.2) is 47.8 Å². The van der Waals surface area contributed by atoms with Crippen LogP contribution in [0.4, 0.5) is 0 Å². The fraction of sp³-hybridized carbons (Fsp3) is 0.385. The summed E-state index contributed by atoms with van der Waals surface area (Å²) in [5.41, 5.74) is 0.747. The average molecular weight is 280 g/mol. The highest BCUT2D eigenvalue weighted by atomic mass is 32.2. The van der Waals surface area contributed by atoms with Gasteiger partial charge in [-0.2, -0.15) is 0 Å². The van der Waals surface area contributed by atoms with E-state index in [0.717, 1.165) is 10.5 Å². The molecule has 1 aliphatic heterocycles. The highest BCUT2D eigenvalue weighted by Gasteiger charge is 2.32. The first-order valence-electron chi connectivity index (χ1n) is 6.00. The van der Waals surface area contributed by atoms with E-state index in [-0.39, 0.29) is 12.5 Å². The van der Waals surface area contributed by atoms with E-state index in [1.807, 2.05) is 30.5 Å². The van der Waals surface area contributed by atoms with E-state index in [1.165, 1.54) is 11.8 Å². The van der Waals surface area contributed by atoms with Gasteiger partial charge in [0, 0.05) is 18.0 Å². The van der Waals surface area contributed by atoms with Gasteiger partial charge in [-0.15, -0.1) is 11.8 Å². The summed E-state index contributed by atoms with van der Waals surface area (Å²) in [6, 6.07) is 6.66. The number of piperazine rings is 1. The molecular formula is C13H16N2O3S. The molecule has 1 amide bonds. The van der Waals surface area contributed by atoms with E-state index >= 15 is 0 Å². The quantitative estimate of drug-likeness (QED) is 0.804. The summed E-state index contributed by atoms with van der Waals surface area (Å²) >= 11 is 1.52. The van der Waals surface area contributed by atoms with Crippen LogP contribution in [0.25, 0.3) is 0 Å². The van der Waals surface area contributed by atoms with Crippen LogP contribution in [0, 0.1) is 0 Å². The lowest BCUT2D eigenvalue weighted by Gasteiger charge is -2.32. The molecule has 6 heteroatoms. The molecule has 0 aromatic heterocycles. The van der Waals surface area contributed by atoms with E-state index in [2.05, 4.69) is 5.32 Å². The van der Waals surface area contributed by atoms with Crippen LogP contribution in [0.5, 0.6) is 0 Å². The van der Waals surface area contributed by atoms with Gasteiger partial charge in [-0.05, 0) is 17.9 Å². The summed E-state index contributed by atoms with van der Waals surface area (Å²) in [7, 11) is 0. The third-order valence-electron chi connectivity index (χ3n) is 3.10. The summed E-state index contributed by atoms with van der Waals surface area (Å²) in [5, 5.41) is 12.2. The first-order valence-corrected chi connectivity index (χ1v) is 7.22. The fourth-order valence-electron chi connectivity index (χ4n) is 2.26. The minimum atomic E-state index is -0.920. The summed E-state index contributed by atoms with van der Waals surface area (Å²) in [6.07, 6.45) is 1.92. The smallest absolute Gasteiger partial charge is 0.325 e. The van der Waals surface area contributed by atoms with Crippen molar-refractivity contribution in [1.82, 2.24) is 10.2 Å². The van der Waals surface area contributed by atoms with E-state index in [9.17, 15) is 14.7 Å². The van der Waals surface area contributed by atoms with Crippen LogP contribution in [-0.2, 0) is 9.59 Å². The minimum absolute atomic E-state index is 0.125. The third kappa shape index (κ3) is 3.08. The lowest BCUT2D eigenvalue weighted by Crippen LogP contribution is -2.50.